The standard InChI is InChI=1S/C112H164N4O4/c1-17-21-25-29-33-37-41-45-49-65-89-93-73-98(110(118-14)77-105(93)113-101-69-57-53-61-85(101)81(5)6)91(67-51-47-43-39-35-31-27-23-19-3)95-75-100(112(120-16)79-107(95)115-103-71-59-55-63-87(103)83(9)10)92(68-52-48-44-40-36-32-28-24-20-4)96-76-99(111(119-15)80-108(96)116-104-72-60-56-64-88(104)84(11)12)90(66-50-46-42-38-34-30-26-22-18-2)94-74-97(89)109(117-13)78-106(94)114-102-70-58-54-62-86(102)82(7)8/h53-64,69-84,89-92,113-116H,17-52,65-68H2,1-16H3. The summed E-state index contributed by atoms with van der Waals surface area (Å²) in [6.07, 6.45) is 48.5. The number of nitrogens with one attached hydrogen (secondary N) is 4. The Morgan fingerprint density at radius 2 is 0.375 bits per heavy atom. The lowest BCUT2D eigenvalue weighted by molar-refractivity contribution is 0.401. The molecule has 4 unspecified atom stereocenters. The second kappa shape index (κ2) is 52.6. The van der Waals surface area contributed by atoms with E-state index in [4.69, 9.17) is 18.9 Å². The van der Waals surface area contributed by atoms with Crippen LogP contribution in [-0.2, 0) is 0 Å². The summed E-state index contributed by atoms with van der Waals surface area (Å²) in [4.78, 5) is 0. The first-order chi connectivity index (χ1) is 58.6. The van der Waals surface area contributed by atoms with Crippen LogP contribution in [0.2, 0.25) is 0 Å². The zero-order valence-corrected chi connectivity index (χ0v) is 78.4. The molecule has 8 aromatic rings. The first kappa shape index (κ1) is 96.0. The van der Waals surface area contributed by atoms with Gasteiger partial charge in [0.15, 0.2) is 0 Å². The Labute approximate surface area is 732 Å². The molecule has 8 aromatic carbocycles. The van der Waals surface area contributed by atoms with Crippen LogP contribution < -0.4 is 40.2 Å². The Morgan fingerprint density at radius 3 is 0.542 bits per heavy atom. The molecule has 0 aromatic heterocycles. The molecule has 120 heavy (non-hydrogen) atoms. The monoisotopic (exact) mass is 1630 g/mol. The summed E-state index contributed by atoms with van der Waals surface area (Å²) in [5.41, 5.74) is 23.9. The Hall–Kier alpha value is -7.84. The average molecular weight is 1630 g/mol. The van der Waals surface area contributed by atoms with Gasteiger partial charge in [0.2, 0.25) is 0 Å². The Morgan fingerprint density at radius 1 is 0.208 bits per heavy atom. The summed E-state index contributed by atoms with van der Waals surface area (Å²) in [6, 6.07) is 56.5. The Balaban J connectivity index is 1.47. The van der Waals surface area contributed by atoms with Crippen molar-refractivity contribution < 1.29 is 18.9 Å². The van der Waals surface area contributed by atoms with Crippen molar-refractivity contribution in [2.75, 3.05) is 49.7 Å². The number of para-hydroxylation sites is 4. The van der Waals surface area contributed by atoms with Crippen molar-refractivity contribution in [3.05, 3.63) is 212 Å². The van der Waals surface area contributed by atoms with Crippen LogP contribution in [0.5, 0.6) is 23.0 Å². The van der Waals surface area contributed by atoms with Crippen molar-refractivity contribution in [1.82, 2.24) is 0 Å². The number of fused-ring (bicyclic) bond motifs is 8. The van der Waals surface area contributed by atoms with Gasteiger partial charge in [-0.2, -0.15) is 0 Å². The summed E-state index contributed by atoms with van der Waals surface area (Å²) in [7, 11) is 7.74. The number of ether oxygens (including phenoxy) is 4. The van der Waals surface area contributed by atoms with Crippen LogP contribution in [0.25, 0.3) is 0 Å². The third-order valence-electron chi connectivity index (χ3n) is 26.4. The van der Waals surface area contributed by atoms with Crippen LogP contribution in [-0.4, -0.2) is 28.4 Å². The van der Waals surface area contributed by atoms with Crippen LogP contribution >= 0.6 is 0 Å². The second-order valence-electron chi connectivity index (χ2n) is 36.9. The largest absolute Gasteiger partial charge is 0.496 e. The maximum atomic E-state index is 7.16. The first-order valence-electron chi connectivity index (χ1n) is 48.9. The summed E-state index contributed by atoms with van der Waals surface area (Å²) < 4.78 is 28.6. The van der Waals surface area contributed by atoms with E-state index >= 15 is 0 Å². The van der Waals surface area contributed by atoms with Gasteiger partial charge in [-0.15, -0.1) is 0 Å². The highest BCUT2D eigenvalue weighted by Gasteiger charge is 2.36. The van der Waals surface area contributed by atoms with Crippen LogP contribution in [0.15, 0.2) is 146 Å². The fourth-order valence-corrected chi connectivity index (χ4v) is 19.4. The quantitative estimate of drug-likeness (QED) is 0.0281. The molecule has 4 atom stereocenters. The molecule has 1 aliphatic rings. The molecule has 0 amide bonds. The van der Waals surface area contributed by atoms with E-state index < -0.39 is 0 Å². The molecule has 0 aliphatic heterocycles. The number of benzene rings is 8. The first-order valence-corrected chi connectivity index (χ1v) is 48.9. The molecule has 8 nitrogen and oxygen atoms in total. The predicted molar refractivity (Wildman–Crippen MR) is 522 cm³/mol. The van der Waals surface area contributed by atoms with Gasteiger partial charge in [-0.3, -0.25) is 0 Å². The van der Waals surface area contributed by atoms with Crippen LogP contribution in [0, 0.1) is 0 Å². The molecular formula is C112H164N4O4. The lowest BCUT2D eigenvalue weighted by atomic mass is 9.75. The van der Waals surface area contributed by atoms with Gasteiger partial charge < -0.3 is 40.2 Å². The molecule has 0 saturated carbocycles. The lowest BCUT2D eigenvalue weighted by Crippen LogP contribution is -2.16. The minimum Gasteiger partial charge on any atom is -0.496 e. The number of hydrogen-bond donors (Lipinski definition) is 4. The second-order valence-corrected chi connectivity index (χ2v) is 36.9. The van der Waals surface area contributed by atoms with E-state index in [1.165, 1.54) is 247 Å². The predicted octanol–water partition coefficient (Wildman–Crippen LogP) is 35.7. The summed E-state index contributed by atoms with van der Waals surface area (Å²) >= 11 is 0. The smallest absolute Gasteiger partial charge is 0.124 e. The molecule has 0 radical (unpaired) electrons. The van der Waals surface area contributed by atoms with E-state index in [0.29, 0.717) is 0 Å². The van der Waals surface area contributed by atoms with Crippen molar-refractivity contribution >= 4 is 45.5 Å². The highest BCUT2D eigenvalue weighted by molar-refractivity contribution is 5.79. The van der Waals surface area contributed by atoms with E-state index in [0.717, 1.165) is 146 Å². The Bertz CT molecular complexity index is 3720. The molecule has 0 spiro atoms. The van der Waals surface area contributed by atoms with Gasteiger partial charge in [0.05, 0.1) is 28.4 Å². The van der Waals surface area contributed by atoms with E-state index in [1.807, 2.05) is 28.4 Å². The fraction of sp³-hybridized carbons (Fsp3) is 0.571. The third-order valence-corrected chi connectivity index (χ3v) is 26.4. The zero-order chi connectivity index (χ0) is 85.4. The number of hydrogen-bond acceptors (Lipinski definition) is 8. The molecular weight excluding hydrogens is 1470 g/mol. The van der Waals surface area contributed by atoms with E-state index in [2.05, 4.69) is 250 Å². The molecule has 4 N–H and O–H groups in total. The Kier molecular flexibility index (Phi) is 42.1. The van der Waals surface area contributed by atoms with Crippen molar-refractivity contribution in [2.24, 2.45) is 0 Å². The number of methoxy groups -OCH3 is 4. The highest BCUT2D eigenvalue weighted by Crippen LogP contribution is 2.55. The SMILES string of the molecule is CCCCCCCCCCCC1c2cc(c(OC)cc2Nc2ccccc2C(C)C)C(CCCCCCCCCCC)c2cc(c(OC)cc2Nc2ccccc2C(C)C)C(CCCCCCCCCCC)c2cc(c(OC)cc2Nc2ccccc2C(C)C)C(CCCCCCCCCCC)c2cc1c(OC)cc2Nc1ccccc1C(C)C. The fourth-order valence-electron chi connectivity index (χ4n) is 19.4. The molecule has 0 saturated heterocycles. The van der Waals surface area contributed by atoms with Gasteiger partial charge >= 0.3 is 0 Å². The topological polar surface area (TPSA) is 85.0 Å². The van der Waals surface area contributed by atoms with Gasteiger partial charge in [-0.1, -0.05) is 387 Å². The number of unbranched alkanes of at least 4 members (excludes halogenated alkanes) is 32. The minimum atomic E-state index is -0.124. The molecule has 0 fully saturated rings. The summed E-state index contributed by atoms with van der Waals surface area (Å²) in [6.45, 7) is 28.0. The summed E-state index contributed by atoms with van der Waals surface area (Å²) in [5.74, 6) is 4.21. The molecule has 656 valence electrons. The van der Waals surface area contributed by atoms with Crippen LogP contribution in [0.3, 0.4) is 0 Å². The van der Waals surface area contributed by atoms with E-state index in [9.17, 15) is 0 Å². The number of rotatable bonds is 56. The molecule has 1 aliphatic carbocycles. The summed E-state index contributed by atoms with van der Waals surface area (Å²) in [5, 5.41) is 17.2. The van der Waals surface area contributed by atoms with Crippen molar-refractivity contribution in [3.63, 3.8) is 0 Å². The molecule has 9 rings (SSSR count). The van der Waals surface area contributed by atoms with Gasteiger partial charge in [0.25, 0.3) is 0 Å². The molecule has 8 bridgehead atoms. The lowest BCUT2D eigenvalue weighted by Gasteiger charge is -2.33. The van der Waals surface area contributed by atoms with Gasteiger partial charge in [-0.25, -0.2) is 0 Å². The molecule has 0 heterocycles. The van der Waals surface area contributed by atoms with Gasteiger partial charge in [0, 0.05) is 116 Å². The third kappa shape index (κ3) is 28.1. The van der Waals surface area contributed by atoms with Crippen molar-refractivity contribution in [1.29, 1.82) is 0 Å². The maximum Gasteiger partial charge on any atom is 0.124 e. The minimum absolute atomic E-state index is 0.124. The van der Waals surface area contributed by atoms with E-state index in [1.54, 1.807) is 0 Å². The van der Waals surface area contributed by atoms with Crippen molar-refractivity contribution in [3.8, 4) is 23.0 Å². The van der Waals surface area contributed by atoms with Crippen molar-refractivity contribution in [2.45, 2.75) is 387 Å². The maximum absolute atomic E-state index is 7.16. The van der Waals surface area contributed by atoms with Crippen LogP contribution in [0.1, 0.15) is 454 Å². The van der Waals surface area contributed by atoms with Crippen LogP contribution in [0.4, 0.5) is 45.5 Å². The molecule has 8 heteroatoms. The highest BCUT2D eigenvalue weighted by atomic mass is 16.5. The van der Waals surface area contributed by atoms with Gasteiger partial charge in [-0.05, 0) is 142 Å². The zero-order valence-electron chi connectivity index (χ0n) is 78.4. The van der Waals surface area contributed by atoms with E-state index in [-0.39, 0.29) is 47.3 Å². The van der Waals surface area contributed by atoms with Gasteiger partial charge in [0.1, 0.15) is 23.0 Å². The normalized spacial score (nSPS) is 14.6. The number of anilines is 8. The average Bonchev–Trinajstić information content (AvgIpc) is 0.743.